The van der Waals surface area contributed by atoms with Crippen molar-refractivity contribution in [3.8, 4) is 0 Å². The van der Waals surface area contributed by atoms with E-state index in [1.807, 2.05) is 48.4 Å². The third kappa shape index (κ3) is 7.51. The Morgan fingerprint density at radius 3 is 2.40 bits per heavy atom. The van der Waals surface area contributed by atoms with Crippen LogP contribution in [-0.4, -0.2) is 85.4 Å². The van der Waals surface area contributed by atoms with Crippen LogP contribution < -0.4 is 0 Å². The van der Waals surface area contributed by atoms with Crippen molar-refractivity contribution in [1.82, 2.24) is 9.47 Å². The molecule has 1 aromatic carbocycles. The number of ether oxygens (including phenoxy) is 4. The van der Waals surface area contributed by atoms with Gasteiger partial charge in [-0.25, -0.2) is 0 Å². The van der Waals surface area contributed by atoms with E-state index in [-0.39, 0.29) is 36.9 Å². The number of aliphatic hydroxyl groups is 1. The second-order valence-corrected chi connectivity index (χ2v) is 10.4. The number of allylic oxidation sites excluding steroid dienone is 1. The number of hydrogen-bond donors (Lipinski definition) is 1. The molecule has 2 aliphatic rings. The average Bonchev–Trinajstić information content (AvgIpc) is 3.33. The minimum absolute atomic E-state index is 0.0180. The van der Waals surface area contributed by atoms with Crippen molar-refractivity contribution in [3.63, 3.8) is 0 Å². The van der Waals surface area contributed by atoms with Crippen molar-refractivity contribution in [3.05, 3.63) is 47.9 Å². The second kappa shape index (κ2) is 15.3. The van der Waals surface area contributed by atoms with E-state index in [1.54, 1.807) is 11.5 Å². The normalized spacial score (nSPS) is 21.9. The minimum atomic E-state index is -0.637. The van der Waals surface area contributed by atoms with Crippen LogP contribution in [0, 0.1) is 5.92 Å². The molecule has 0 saturated carbocycles. The van der Waals surface area contributed by atoms with Crippen LogP contribution >= 0.6 is 0 Å². The number of aromatic nitrogens is 1. The summed E-state index contributed by atoms with van der Waals surface area (Å²) in [6.45, 7) is 6.89. The van der Waals surface area contributed by atoms with Crippen LogP contribution in [-0.2, 0) is 23.7 Å². The van der Waals surface area contributed by atoms with E-state index >= 15 is 0 Å². The molecule has 220 valence electrons. The third-order valence-electron chi connectivity index (χ3n) is 7.71. The third-order valence-corrected chi connectivity index (χ3v) is 7.71. The second-order valence-electron chi connectivity index (χ2n) is 10.4. The van der Waals surface area contributed by atoms with Gasteiger partial charge in [-0.2, -0.15) is 0 Å². The fourth-order valence-corrected chi connectivity index (χ4v) is 5.73. The van der Waals surface area contributed by atoms with Crippen LogP contribution in [0.15, 0.2) is 42.3 Å². The van der Waals surface area contributed by atoms with Crippen molar-refractivity contribution in [2.24, 2.45) is 5.92 Å². The highest BCUT2D eigenvalue weighted by molar-refractivity contribution is 5.95. The Morgan fingerprint density at radius 1 is 1.00 bits per heavy atom. The van der Waals surface area contributed by atoms with Crippen molar-refractivity contribution >= 4 is 22.7 Å². The van der Waals surface area contributed by atoms with Crippen LogP contribution in [0.1, 0.15) is 68.6 Å². The molecule has 4 rings (SSSR count). The number of carbonyl (C=O) groups is 2. The Hall–Kier alpha value is -2.72. The molecule has 1 N–H and O–H groups in total. The van der Waals surface area contributed by atoms with Crippen molar-refractivity contribution < 1.29 is 33.6 Å². The maximum Gasteiger partial charge on any atom is 0.288 e. The summed E-state index contributed by atoms with van der Waals surface area (Å²) >= 11 is 0. The standard InChI is InChI=1S/C31H44N2O7/c1-3-39-31-25(13-17-37-19-20-38-18-16-34)26(27-22-33(23(2)35)28-12-8-7-11-24(27)28)21-29(40-31)30(36)32-14-9-5-4-6-10-15-32/h7-8,11-12,21-22,25-26,31,34H,3-6,9-10,13-20H2,1-2H3/t25-,26+,31-/m1/s1. The van der Waals surface area contributed by atoms with Crippen molar-refractivity contribution in [1.29, 1.82) is 0 Å². The molecule has 0 radical (unpaired) electrons. The van der Waals surface area contributed by atoms with E-state index in [9.17, 15) is 9.59 Å². The summed E-state index contributed by atoms with van der Waals surface area (Å²) in [6.07, 6.45) is 9.29. The topological polar surface area (TPSA) is 99.5 Å². The maximum absolute atomic E-state index is 13.8. The van der Waals surface area contributed by atoms with Crippen LogP contribution in [0.4, 0.5) is 0 Å². The van der Waals surface area contributed by atoms with Gasteiger partial charge < -0.3 is 29.0 Å². The van der Waals surface area contributed by atoms with Gasteiger partial charge in [0.25, 0.3) is 5.91 Å². The van der Waals surface area contributed by atoms with Gasteiger partial charge in [0.05, 0.1) is 31.9 Å². The van der Waals surface area contributed by atoms with Gasteiger partial charge in [-0.05, 0) is 43.9 Å². The van der Waals surface area contributed by atoms with E-state index in [0.717, 1.165) is 55.2 Å². The zero-order valence-electron chi connectivity index (χ0n) is 23.9. The Morgan fingerprint density at radius 2 is 1.70 bits per heavy atom. The summed E-state index contributed by atoms with van der Waals surface area (Å²) in [4.78, 5) is 28.2. The number of benzene rings is 1. The lowest BCUT2D eigenvalue weighted by Gasteiger charge is -2.38. The van der Waals surface area contributed by atoms with Gasteiger partial charge in [0.15, 0.2) is 5.76 Å². The van der Waals surface area contributed by atoms with E-state index < -0.39 is 6.29 Å². The summed E-state index contributed by atoms with van der Waals surface area (Å²) in [7, 11) is 0. The molecule has 1 saturated heterocycles. The number of likely N-dealkylation sites (tertiary alicyclic amines) is 1. The summed E-state index contributed by atoms with van der Waals surface area (Å²) in [5.74, 6) is -0.215. The van der Waals surface area contributed by atoms with Gasteiger partial charge >= 0.3 is 0 Å². The van der Waals surface area contributed by atoms with Gasteiger partial charge in [0.2, 0.25) is 12.2 Å². The Balaban J connectivity index is 1.67. The molecule has 9 nitrogen and oxygen atoms in total. The largest absolute Gasteiger partial charge is 0.459 e. The van der Waals surface area contributed by atoms with Gasteiger partial charge in [-0.1, -0.05) is 37.5 Å². The fraction of sp³-hybridized carbons (Fsp3) is 0.613. The highest BCUT2D eigenvalue weighted by atomic mass is 16.7. The first-order chi connectivity index (χ1) is 19.5. The molecule has 40 heavy (non-hydrogen) atoms. The molecule has 2 aromatic rings. The molecule has 9 heteroatoms. The molecule has 1 amide bonds. The summed E-state index contributed by atoms with van der Waals surface area (Å²) in [6, 6.07) is 7.86. The Kier molecular flexibility index (Phi) is 11.6. The highest BCUT2D eigenvalue weighted by Crippen LogP contribution is 2.42. The summed E-state index contributed by atoms with van der Waals surface area (Å²) in [5.41, 5.74) is 1.80. The highest BCUT2D eigenvalue weighted by Gasteiger charge is 2.40. The predicted molar refractivity (Wildman–Crippen MR) is 152 cm³/mol. The molecular formula is C31H44N2O7. The smallest absolute Gasteiger partial charge is 0.288 e. The first-order valence-electron chi connectivity index (χ1n) is 14.7. The number of amides is 1. The first-order valence-corrected chi connectivity index (χ1v) is 14.7. The number of fused-ring (bicyclic) bond motifs is 1. The van der Waals surface area contributed by atoms with Crippen molar-refractivity contribution in [2.75, 3.05) is 52.7 Å². The summed E-state index contributed by atoms with van der Waals surface area (Å²) < 4.78 is 25.3. The summed E-state index contributed by atoms with van der Waals surface area (Å²) in [5, 5.41) is 9.86. The molecule has 3 heterocycles. The molecule has 3 atom stereocenters. The molecule has 0 aliphatic carbocycles. The fourth-order valence-electron chi connectivity index (χ4n) is 5.73. The van der Waals surface area contributed by atoms with E-state index in [4.69, 9.17) is 24.1 Å². The molecule has 0 spiro atoms. The van der Waals surface area contributed by atoms with Gasteiger partial charge in [0.1, 0.15) is 0 Å². The molecule has 0 bridgehead atoms. The van der Waals surface area contributed by atoms with Crippen LogP contribution in [0.5, 0.6) is 0 Å². The molecule has 2 aliphatic heterocycles. The number of nitrogens with zero attached hydrogens (tertiary/aromatic N) is 2. The first kappa shape index (κ1) is 30.2. The molecule has 0 unspecified atom stereocenters. The molecular weight excluding hydrogens is 512 g/mol. The lowest BCUT2D eigenvalue weighted by molar-refractivity contribution is -0.172. The predicted octanol–water partition coefficient (Wildman–Crippen LogP) is 4.49. The van der Waals surface area contributed by atoms with Crippen LogP contribution in [0.2, 0.25) is 0 Å². The SMILES string of the molecule is CCO[C@@H]1OC(C(=O)N2CCCCCCC2)=C[C@H](c2cn(C(C)=O)c3ccccc23)[C@H]1CCOCCOCCO. The number of para-hydroxylation sites is 1. The zero-order valence-corrected chi connectivity index (χ0v) is 23.9. The monoisotopic (exact) mass is 556 g/mol. The number of carbonyl (C=O) groups excluding carboxylic acids is 2. The van der Waals surface area contributed by atoms with Crippen molar-refractivity contribution in [2.45, 2.75) is 64.6 Å². The van der Waals surface area contributed by atoms with Gasteiger partial charge in [0, 0.05) is 56.6 Å². The van der Waals surface area contributed by atoms with Gasteiger partial charge in [-0.15, -0.1) is 0 Å². The Bertz CT molecular complexity index is 1140. The zero-order chi connectivity index (χ0) is 28.3. The number of aliphatic hydroxyl groups excluding tert-OH is 1. The quantitative estimate of drug-likeness (QED) is 0.385. The van der Waals surface area contributed by atoms with E-state index in [1.165, 1.54) is 6.42 Å². The number of rotatable bonds is 12. The maximum atomic E-state index is 13.8. The Labute approximate surface area is 237 Å². The minimum Gasteiger partial charge on any atom is -0.459 e. The lowest BCUT2D eigenvalue weighted by Crippen LogP contribution is -2.41. The molecule has 1 aromatic heterocycles. The molecule has 1 fully saturated rings. The lowest BCUT2D eigenvalue weighted by atomic mass is 9.81. The number of hydrogen-bond acceptors (Lipinski definition) is 7. The van der Waals surface area contributed by atoms with Crippen LogP contribution in [0.25, 0.3) is 10.9 Å². The van der Waals surface area contributed by atoms with E-state index in [0.29, 0.717) is 38.6 Å². The average molecular weight is 557 g/mol. The van der Waals surface area contributed by atoms with Gasteiger partial charge in [-0.3, -0.25) is 14.2 Å². The van der Waals surface area contributed by atoms with Crippen LogP contribution in [0.3, 0.4) is 0 Å². The van der Waals surface area contributed by atoms with E-state index in [2.05, 4.69) is 0 Å².